The van der Waals surface area contributed by atoms with Gasteiger partial charge in [0.2, 0.25) is 0 Å². The smallest absolute Gasteiger partial charge is 0.435 e. The van der Waals surface area contributed by atoms with Crippen molar-refractivity contribution in [2.45, 2.75) is 57.9 Å². The molecule has 4 rings (SSSR count). The summed E-state index contributed by atoms with van der Waals surface area (Å²) in [7, 11) is 0. The van der Waals surface area contributed by atoms with Crippen molar-refractivity contribution in [3.05, 3.63) is 87.1 Å². The van der Waals surface area contributed by atoms with Gasteiger partial charge in [0.25, 0.3) is 0 Å². The SMILES string of the molecule is CCOC(=O)OC(C)n1c(CN2CCOC(OCc3cc(C(F)(F)F)cc(C(F)(F)F)c3)C2c2ccccc2)n[nH]c1=O. The molecule has 0 saturated carbocycles. The highest BCUT2D eigenvalue weighted by Crippen LogP contribution is 2.37. The van der Waals surface area contributed by atoms with E-state index < -0.39 is 60.5 Å². The van der Waals surface area contributed by atoms with Gasteiger partial charge in [-0.15, -0.1) is 0 Å². The number of carbonyl (C=O) groups excluding carboxylic acids is 1. The van der Waals surface area contributed by atoms with Crippen molar-refractivity contribution in [3.63, 3.8) is 0 Å². The second-order valence-corrected chi connectivity index (χ2v) is 9.51. The molecule has 1 aliphatic heterocycles. The topological polar surface area (TPSA) is 108 Å². The first-order valence-electron chi connectivity index (χ1n) is 13.1. The molecule has 1 aromatic heterocycles. The summed E-state index contributed by atoms with van der Waals surface area (Å²) in [6.45, 7) is 2.84. The number of aromatic nitrogens is 3. The molecule has 0 spiro atoms. The minimum atomic E-state index is -5.01. The largest absolute Gasteiger partial charge is 0.510 e. The van der Waals surface area contributed by atoms with E-state index in [9.17, 15) is 35.9 Å². The van der Waals surface area contributed by atoms with Crippen LogP contribution < -0.4 is 5.69 Å². The van der Waals surface area contributed by atoms with Crippen LogP contribution in [0.2, 0.25) is 0 Å². The van der Waals surface area contributed by atoms with Crippen molar-refractivity contribution in [2.24, 2.45) is 0 Å². The summed E-state index contributed by atoms with van der Waals surface area (Å²) >= 11 is 0. The Balaban J connectivity index is 1.61. The van der Waals surface area contributed by atoms with Crippen molar-refractivity contribution in [3.8, 4) is 0 Å². The molecule has 0 aliphatic carbocycles. The molecule has 16 heteroatoms. The van der Waals surface area contributed by atoms with Gasteiger partial charge in [0, 0.05) is 6.54 Å². The number of hydrogen-bond acceptors (Lipinski definition) is 8. The Morgan fingerprint density at radius 3 is 2.35 bits per heavy atom. The first-order valence-corrected chi connectivity index (χ1v) is 13.1. The molecule has 3 unspecified atom stereocenters. The van der Waals surface area contributed by atoms with Gasteiger partial charge >= 0.3 is 24.2 Å². The van der Waals surface area contributed by atoms with Crippen molar-refractivity contribution >= 4 is 6.16 Å². The molecule has 0 radical (unpaired) electrons. The van der Waals surface area contributed by atoms with Crippen LogP contribution in [-0.4, -0.2) is 51.9 Å². The van der Waals surface area contributed by atoms with E-state index >= 15 is 0 Å². The van der Waals surface area contributed by atoms with E-state index in [-0.39, 0.29) is 43.8 Å². The molecule has 1 N–H and O–H groups in total. The second kappa shape index (κ2) is 13.2. The number of alkyl halides is 6. The maximum Gasteiger partial charge on any atom is 0.510 e. The summed E-state index contributed by atoms with van der Waals surface area (Å²) in [4.78, 5) is 26.2. The maximum atomic E-state index is 13.4. The van der Waals surface area contributed by atoms with E-state index in [0.29, 0.717) is 17.7 Å². The third kappa shape index (κ3) is 7.94. The monoisotopic (exact) mass is 618 g/mol. The zero-order valence-corrected chi connectivity index (χ0v) is 22.9. The van der Waals surface area contributed by atoms with Gasteiger partial charge in [-0.25, -0.2) is 19.3 Å². The number of benzene rings is 2. The third-order valence-electron chi connectivity index (χ3n) is 6.53. The molecule has 0 bridgehead atoms. The van der Waals surface area contributed by atoms with Crippen LogP contribution in [0.1, 0.15) is 54.2 Å². The Hall–Kier alpha value is -3.89. The molecule has 10 nitrogen and oxygen atoms in total. The lowest BCUT2D eigenvalue weighted by atomic mass is 10.0. The minimum Gasteiger partial charge on any atom is -0.435 e. The van der Waals surface area contributed by atoms with Crippen molar-refractivity contribution in [2.75, 3.05) is 19.8 Å². The van der Waals surface area contributed by atoms with Gasteiger partial charge in [-0.05, 0) is 43.2 Å². The number of nitrogens with zero attached hydrogens (tertiary/aromatic N) is 3. The van der Waals surface area contributed by atoms with Crippen LogP contribution in [0, 0.1) is 0 Å². The van der Waals surface area contributed by atoms with Crippen molar-refractivity contribution in [1.29, 1.82) is 0 Å². The summed E-state index contributed by atoms with van der Waals surface area (Å²) in [5, 5.41) is 6.37. The molecule has 3 atom stereocenters. The fraction of sp³-hybridized carbons (Fsp3) is 0.444. The molecule has 1 aliphatic rings. The van der Waals surface area contributed by atoms with Gasteiger partial charge in [-0.3, -0.25) is 4.90 Å². The number of rotatable bonds is 9. The Bertz CT molecular complexity index is 1410. The zero-order valence-electron chi connectivity index (χ0n) is 22.9. The van der Waals surface area contributed by atoms with Gasteiger partial charge in [0.05, 0.1) is 43.5 Å². The van der Waals surface area contributed by atoms with Gasteiger partial charge in [0.1, 0.15) is 0 Å². The van der Waals surface area contributed by atoms with E-state index in [2.05, 4.69) is 10.2 Å². The fourth-order valence-electron chi connectivity index (χ4n) is 4.65. The number of ether oxygens (including phenoxy) is 4. The molecule has 2 heterocycles. The standard InChI is InChI=1S/C27H28F6N4O6/c1-3-40-25(39)43-16(2)37-21(34-35-24(37)38)14-36-9-10-41-23(22(36)18-7-5-4-6-8-18)42-15-17-11-19(26(28,29)30)13-20(12-17)27(31,32)33/h4-8,11-13,16,22-23H,3,9-10,14-15H2,1-2H3,(H,35,38). The Morgan fingerprint density at radius 1 is 1.09 bits per heavy atom. The van der Waals surface area contributed by atoms with Crippen LogP contribution >= 0.6 is 0 Å². The van der Waals surface area contributed by atoms with Gasteiger partial charge in [-0.2, -0.15) is 31.4 Å². The molecule has 1 fully saturated rings. The lowest BCUT2D eigenvalue weighted by molar-refractivity contribution is -0.218. The van der Waals surface area contributed by atoms with E-state index in [1.54, 1.807) is 37.3 Å². The number of hydrogen-bond donors (Lipinski definition) is 1. The molecule has 3 aromatic rings. The molecule has 1 saturated heterocycles. The van der Waals surface area contributed by atoms with Gasteiger partial charge in [0.15, 0.2) is 18.3 Å². The Kier molecular flexibility index (Phi) is 9.82. The van der Waals surface area contributed by atoms with Crippen LogP contribution in [0.5, 0.6) is 0 Å². The highest BCUT2D eigenvalue weighted by molar-refractivity contribution is 5.59. The number of carbonyl (C=O) groups is 1. The summed E-state index contributed by atoms with van der Waals surface area (Å²) in [5.41, 5.74) is -3.26. The molecular weight excluding hydrogens is 590 g/mol. The lowest BCUT2D eigenvalue weighted by Gasteiger charge is -2.41. The summed E-state index contributed by atoms with van der Waals surface area (Å²) in [6, 6.07) is 9.26. The predicted molar refractivity (Wildman–Crippen MR) is 136 cm³/mol. The number of aromatic amines is 1. The van der Waals surface area contributed by atoms with Crippen LogP contribution in [0.3, 0.4) is 0 Å². The van der Waals surface area contributed by atoms with Crippen molar-refractivity contribution < 1.29 is 50.1 Å². The van der Waals surface area contributed by atoms with E-state index in [0.717, 1.165) is 4.57 Å². The van der Waals surface area contributed by atoms with Crippen LogP contribution in [0.15, 0.2) is 53.3 Å². The minimum absolute atomic E-state index is 0.000172. The van der Waals surface area contributed by atoms with Gasteiger partial charge < -0.3 is 18.9 Å². The van der Waals surface area contributed by atoms with E-state index in [1.807, 2.05) is 4.90 Å². The second-order valence-electron chi connectivity index (χ2n) is 9.51. The number of morpholine rings is 1. The average molecular weight is 619 g/mol. The van der Waals surface area contributed by atoms with Crippen LogP contribution in [0.25, 0.3) is 0 Å². The maximum absolute atomic E-state index is 13.4. The van der Waals surface area contributed by atoms with Crippen LogP contribution in [0.4, 0.5) is 31.1 Å². The molecule has 2 aromatic carbocycles. The number of H-pyrrole nitrogens is 1. The fourth-order valence-corrected chi connectivity index (χ4v) is 4.65. The molecule has 234 valence electrons. The Labute approximate surface area is 241 Å². The van der Waals surface area contributed by atoms with Crippen molar-refractivity contribution in [1.82, 2.24) is 19.7 Å². The molecule has 0 amide bonds. The van der Waals surface area contributed by atoms with Gasteiger partial charge in [-0.1, -0.05) is 30.3 Å². The number of halogens is 6. The first-order chi connectivity index (χ1) is 20.3. The number of nitrogens with one attached hydrogen (secondary N) is 1. The molecular formula is C27H28F6N4O6. The zero-order chi connectivity index (χ0) is 31.4. The summed E-state index contributed by atoms with van der Waals surface area (Å²) < 4.78 is 103. The van der Waals surface area contributed by atoms with Crippen LogP contribution in [-0.2, 0) is 44.5 Å². The van der Waals surface area contributed by atoms with E-state index in [4.69, 9.17) is 18.9 Å². The summed E-state index contributed by atoms with van der Waals surface area (Å²) in [6.07, 6.45) is -13.2. The van der Waals surface area contributed by atoms with E-state index in [1.165, 1.54) is 6.92 Å². The highest BCUT2D eigenvalue weighted by Gasteiger charge is 2.38. The lowest BCUT2D eigenvalue weighted by Crippen LogP contribution is -2.46. The average Bonchev–Trinajstić information content (AvgIpc) is 3.31. The quantitative estimate of drug-likeness (QED) is 0.251. The Morgan fingerprint density at radius 2 is 1.74 bits per heavy atom. The molecule has 43 heavy (non-hydrogen) atoms. The normalized spacial score (nSPS) is 18.8. The highest BCUT2D eigenvalue weighted by atomic mass is 19.4. The third-order valence-corrected chi connectivity index (χ3v) is 6.53. The predicted octanol–water partition coefficient (Wildman–Crippen LogP) is 5.42. The summed E-state index contributed by atoms with van der Waals surface area (Å²) in [5.74, 6) is 0.177. The first kappa shape index (κ1) is 32.0.